The number of hydrogen-bond acceptors (Lipinski definition) is 7. The normalized spacial score (nSPS) is 10.5. The molecular formula is C25H24N4O6. The fourth-order valence-corrected chi connectivity index (χ4v) is 2.99. The predicted octanol–water partition coefficient (Wildman–Crippen LogP) is 3.14. The maximum absolute atomic E-state index is 12.8. The first-order chi connectivity index (χ1) is 16.9. The lowest BCUT2D eigenvalue weighted by Crippen LogP contribution is -2.33. The number of benzene rings is 3. The highest BCUT2D eigenvalue weighted by atomic mass is 16.5. The van der Waals surface area contributed by atoms with Crippen LogP contribution in [0.4, 0.5) is 11.4 Å². The quantitative estimate of drug-likeness (QED) is 0.224. The molecule has 3 aromatic carbocycles. The van der Waals surface area contributed by atoms with Gasteiger partial charge < -0.3 is 25.2 Å². The third-order valence-corrected chi connectivity index (χ3v) is 4.67. The number of aromatic hydroxyl groups is 1. The second-order valence-electron chi connectivity index (χ2n) is 7.01. The summed E-state index contributed by atoms with van der Waals surface area (Å²) in [6.45, 7) is 2.40. The summed E-state index contributed by atoms with van der Waals surface area (Å²) >= 11 is 0. The first-order valence-electron chi connectivity index (χ1n) is 10.6. The van der Waals surface area contributed by atoms with Crippen LogP contribution in [0.3, 0.4) is 0 Å². The van der Waals surface area contributed by atoms with Gasteiger partial charge in [-0.05, 0) is 55.5 Å². The molecule has 0 saturated heterocycles. The van der Waals surface area contributed by atoms with Gasteiger partial charge in [-0.2, -0.15) is 5.10 Å². The third kappa shape index (κ3) is 6.57. The van der Waals surface area contributed by atoms with Crippen LogP contribution < -0.4 is 25.5 Å². The molecule has 180 valence electrons. The number of ether oxygens (including phenoxy) is 2. The highest BCUT2D eigenvalue weighted by Gasteiger charge is 2.18. The Morgan fingerprint density at radius 3 is 2.40 bits per heavy atom. The van der Waals surface area contributed by atoms with Gasteiger partial charge in [0.1, 0.15) is 5.75 Å². The van der Waals surface area contributed by atoms with Crippen molar-refractivity contribution in [3.63, 3.8) is 0 Å². The number of phenolic OH excluding ortho intramolecular Hbond substituents is 1. The second-order valence-corrected chi connectivity index (χ2v) is 7.01. The topological polar surface area (TPSA) is 138 Å². The molecule has 3 rings (SSSR count). The van der Waals surface area contributed by atoms with E-state index in [1.54, 1.807) is 54.6 Å². The molecule has 0 atom stereocenters. The molecular weight excluding hydrogens is 452 g/mol. The number of rotatable bonds is 8. The van der Waals surface area contributed by atoms with Crippen LogP contribution in [0.15, 0.2) is 71.8 Å². The molecule has 0 fully saturated rings. The molecule has 3 aromatic rings. The van der Waals surface area contributed by atoms with Crippen LogP contribution in [0.1, 0.15) is 22.8 Å². The molecule has 0 radical (unpaired) electrons. The van der Waals surface area contributed by atoms with Gasteiger partial charge in [0.25, 0.3) is 5.91 Å². The number of hydrogen-bond donors (Lipinski definition) is 4. The summed E-state index contributed by atoms with van der Waals surface area (Å²) in [6.07, 6.45) is 1.17. The fraction of sp³-hybridized carbons (Fsp3) is 0.120. The van der Waals surface area contributed by atoms with Crippen molar-refractivity contribution in [2.45, 2.75) is 6.92 Å². The molecule has 10 nitrogen and oxygen atoms in total. The van der Waals surface area contributed by atoms with Crippen molar-refractivity contribution >= 4 is 35.3 Å². The minimum atomic E-state index is -1.06. The van der Waals surface area contributed by atoms with Crippen LogP contribution in [-0.2, 0) is 9.59 Å². The molecule has 35 heavy (non-hydrogen) atoms. The van der Waals surface area contributed by atoms with E-state index in [1.165, 1.54) is 25.5 Å². The molecule has 0 spiro atoms. The van der Waals surface area contributed by atoms with Gasteiger partial charge in [0.2, 0.25) is 0 Å². The van der Waals surface area contributed by atoms with Gasteiger partial charge in [-0.25, -0.2) is 5.43 Å². The van der Waals surface area contributed by atoms with E-state index in [4.69, 9.17) is 9.47 Å². The predicted molar refractivity (Wildman–Crippen MR) is 131 cm³/mol. The van der Waals surface area contributed by atoms with Gasteiger partial charge >= 0.3 is 11.8 Å². The number of anilines is 2. The molecule has 0 aromatic heterocycles. The number of carbonyl (C=O) groups excluding carboxylic acids is 3. The Balaban J connectivity index is 1.63. The van der Waals surface area contributed by atoms with Crippen molar-refractivity contribution in [1.29, 1.82) is 0 Å². The van der Waals surface area contributed by atoms with Crippen molar-refractivity contribution in [2.75, 3.05) is 24.4 Å². The van der Waals surface area contributed by atoms with Crippen molar-refractivity contribution in [3.8, 4) is 17.2 Å². The minimum absolute atomic E-state index is 0.144. The number of para-hydroxylation sites is 2. The lowest BCUT2D eigenvalue weighted by molar-refractivity contribution is -0.136. The van der Waals surface area contributed by atoms with Crippen LogP contribution in [0.5, 0.6) is 17.2 Å². The van der Waals surface area contributed by atoms with Crippen molar-refractivity contribution in [1.82, 2.24) is 5.43 Å². The van der Waals surface area contributed by atoms with E-state index in [9.17, 15) is 19.5 Å². The Morgan fingerprint density at radius 1 is 0.943 bits per heavy atom. The molecule has 0 bridgehead atoms. The Bertz CT molecular complexity index is 1240. The largest absolute Gasteiger partial charge is 0.504 e. The Hall–Kier alpha value is -4.86. The Morgan fingerprint density at radius 2 is 1.69 bits per heavy atom. The van der Waals surface area contributed by atoms with Crippen molar-refractivity contribution in [3.05, 3.63) is 77.9 Å². The molecule has 0 aliphatic carbocycles. The molecule has 0 heterocycles. The monoisotopic (exact) mass is 476 g/mol. The number of carbonyl (C=O) groups is 3. The standard InChI is InChI=1S/C25H24N4O6/c1-3-35-18-13-11-17(12-14-18)27-23(31)19-8-4-5-9-20(19)28-24(32)25(33)29-26-15-16-7-6-10-21(34-2)22(16)30/h4-15,30H,3H2,1-2H3,(H,27,31)(H,28,32)(H,29,33)/b26-15-. The molecule has 0 unspecified atom stereocenters. The number of methoxy groups -OCH3 is 1. The summed E-state index contributed by atoms with van der Waals surface area (Å²) in [5.41, 5.74) is 3.19. The zero-order valence-electron chi connectivity index (χ0n) is 19.1. The minimum Gasteiger partial charge on any atom is -0.504 e. The fourth-order valence-electron chi connectivity index (χ4n) is 2.99. The van der Waals surface area contributed by atoms with E-state index in [0.717, 1.165) is 0 Å². The first kappa shape index (κ1) is 24.8. The maximum Gasteiger partial charge on any atom is 0.329 e. The molecule has 3 amide bonds. The van der Waals surface area contributed by atoms with Gasteiger partial charge in [0, 0.05) is 11.3 Å². The van der Waals surface area contributed by atoms with Gasteiger partial charge in [-0.15, -0.1) is 0 Å². The van der Waals surface area contributed by atoms with Crippen molar-refractivity contribution < 1.29 is 29.0 Å². The summed E-state index contributed by atoms with van der Waals surface area (Å²) in [4.78, 5) is 37.3. The number of amides is 3. The summed E-state index contributed by atoms with van der Waals surface area (Å²) in [7, 11) is 1.40. The first-order valence-corrected chi connectivity index (χ1v) is 10.6. The summed E-state index contributed by atoms with van der Waals surface area (Å²) in [5, 5.41) is 18.9. The van der Waals surface area contributed by atoms with Gasteiger partial charge in [-0.1, -0.05) is 18.2 Å². The second kappa shape index (κ2) is 11.8. The molecule has 0 saturated carbocycles. The van der Waals surface area contributed by atoms with Crippen LogP contribution in [0, 0.1) is 0 Å². The summed E-state index contributed by atoms with van der Waals surface area (Å²) in [6, 6.07) is 17.8. The smallest absolute Gasteiger partial charge is 0.329 e. The maximum atomic E-state index is 12.8. The Kier molecular flexibility index (Phi) is 8.38. The lowest BCUT2D eigenvalue weighted by atomic mass is 10.1. The van der Waals surface area contributed by atoms with E-state index < -0.39 is 17.7 Å². The third-order valence-electron chi connectivity index (χ3n) is 4.67. The summed E-state index contributed by atoms with van der Waals surface area (Å²) < 4.78 is 10.4. The Labute approximate surface area is 201 Å². The SMILES string of the molecule is CCOc1ccc(NC(=O)c2ccccc2NC(=O)C(=O)N/N=C\c2cccc(OC)c2O)cc1. The summed E-state index contributed by atoms with van der Waals surface area (Å²) in [5.74, 6) is -1.82. The average molecular weight is 476 g/mol. The molecule has 0 aliphatic rings. The van der Waals surface area contributed by atoms with Gasteiger partial charge in [0.05, 0.1) is 31.2 Å². The lowest BCUT2D eigenvalue weighted by Gasteiger charge is -2.11. The molecule has 0 aliphatic heterocycles. The van der Waals surface area contributed by atoms with Gasteiger partial charge in [-0.3, -0.25) is 14.4 Å². The van der Waals surface area contributed by atoms with E-state index in [0.29, 0.717) is 18.0 Å². The average Bonchev–Trinajstić information content (AvgIpc) is 2.86. The zero-order valence-corrected chi connectivity index (χ0v) is 19.1. The van der Waals surface area contributed by atoms with E-state index >= 15 is 0 Å². The molecule has 4 N–H and O–H groups in total. The number of hydrazone groups is 1. The number of phenols is 1. The number of nitrogens with one attached hydrogen (secondary N) is 3. The van der Waals surface area contributed by atoms with Crippen LogP contribution in [0.25, 0.3) is 0 Å². The van der Waals surface area contributed by atoms with Gasteiger partial charge in [0.15, 0.2) is 11.5 Å². The van der Waals surface area contributed by atoms with Crippen LogP contribution in [0.2, 0.25) is 0 Å². The zero-order chi connectivity index (χ0) is 25.2. The molecule has 10 heteroatoms. The van der Waals surface area contributed by atoms with Crippen molar-refractivity contribution in [2.24, 2.45) is 5.10 Å². The highest BCUT2D eigenvalue weighted by Crippen LogP contribution is 2.28. The van der Waals surface area contributed by atoms with E-state index in [1.807, 2.05) is 6.92 Å². The van der Waals surface area contributed by atoms with E-state index in [2.05, 4.69) is 21.2 Å². The van der Waals surface area contributed by atoms with E-state index in [-0.39, 0.29) is 28.3 Å². The van der Waals surface area contributed by atoms with Crippen LogP contribution >= 0.6 is 0 Å². The van der Waals surface area contributed by atoms with Crippen LogP contribution in [-0.4, -0.2) is 42.8 Å². The highest BCUT2D eigenvalue weighted by molar-refractivity contribution is 6.40. The number of nitrogens with zero attached hydrogens (tertiary/aromatic N) is 1.